The van der Waals surface area contributed by atoms with Crippen LogP contribution in [0.1, 0.15) is 45.4 Å². The molecular weight excluding hydrogens is 254 g/mol. The van der Waals surface area contributed by atoms with Gasteiger partial charge in [0.1, 0.15) is 0 Å². The van der Waals surface area contributed by atoms with Gasteiger partial charge in [-0.25, -0.2) is 0 Å². The second-order valence-electron chi connectivity index (χ2n) is 4.48. The average Bonchev–Trinajstić information content (AvgIpc) is 2.77. The SMILES string of the molecule is CCC(CCBr)CNC(=O)C1CCCC1. The van der Waals surface area contributed by atoms with Crippen molar-refractivity contribution >= 4 is 21.8 Å². The Morgan fingerprint density at radius 1 is 1.47 bits per heavy atom. The van der Waals surface area contributed by atoms with Crippen LogP contribution in [-0.4, -0.2) is 17.8 Å². The van der Waals surface area contributed by atoms with Gasteiger partial charge in [-0.2, -0.15) is 0 Å². The summed E-state index contributed by atoms with van der Waals surface area (Å²) in [6, 6.07) is 0. The summed E-state index contributed by atoms with van der Waals surface area (Å²) in [7, 11) is 0. The van der Waals surface area contributed by atoms with Crippen molar-refractivity contribution in [1.82, 2.24) is 5.32 Å². The molecule has 1 fully saturated rings. The molecule has 2 nitrogen and oxygen atoms in total. The van der Waals surface area contributed by atoms with Gasteiger partial charge in [0.25, 0.3) is 0 Å². The Kier molecular flexibility index (Phi) is 6.30. The molecule has 0 aromatic heterocycles. The fraction of sp³-hybridized carbons (Fsp3) is 0.917. The van der Waals surface area contributed by atoms with Crippen LogP contribution in [-0.2, 0) is 4.79 Å². The van der Waals surface area contributed by atoms with Crippen molar-refractivity contribution in [2.75, 3.05) is 11.9 Å². The van der Waals surface area contributed by atoms with E-state index in [1.807, 2.05) is 0 Å². The highest BCUT2D eigenvalue weighted by Crippen LogP contribution is 2.24. The van der Waals surface area contributed by atoms with Crippen molar-refractivity contribution in [1.29, 1.82) is 0 Å². The fourth-order valence-electron chi connectivity index (χ4n) is 2.18. The van der Waals surface area contributed by atoms with E-state index >= 15 is 0 Å². The van der Waals surface area contributed by atoms with Crippen LogP contribution in [0.3, 0.4) is 0 Å². The molecule has 1 rings (SSSR count). The van der Waals surface area contributed by atoms with Crippen molar-refractivity contribution in [3.63, 3.8) is 0 Å². The molecule has 1 unspecified atom stereocenters. The predicted octanol–water partition coefficient (Wildman–Crippen LogP) is 3.10. The average molecular weight is 276 g/mol. The maximum atomic E-state index is 11.7. The second kappa shape index (κ2) is 7.26. The summed E-state index contributed by atoms with van der Waals surface area (Å²) < 4.78 is 0. The highest BCUT2D eigenvalue weighted by molar-refractivity contribution is 9.09. The van der Waals surface area contributed by atoms with Crippen molar-refractivity contribution in [2.24, 2.45) is 11.8 Å². The number of alkyl halides is 1. The van der Waals surface area contributed by atoms with Gasteiger partial charge in [-0.05, 0) is 25.2 Å². The number of halogens is 1. The topological polar surface area (TPSA) is 29.1 Å². The van der Waals surface area contributed by atoms with Crippen molar-refractivity contribution in [3.8, 4) is 0 Å². The van der Waals surface area contributed by atoms with Crippen LogP contribution in [0.5, 0.6) is 0 Å². The molecule has 0 aromatic rings. The highest BCUT2D eigenvalue weighted by atomic mass is 79.9. The number of carbonyl (C=O) groups is 1. The summed E-state index contributed by atoms with van der Waals surface area (Å²) in [5, 5.41) is 4.13. The van der Waals surface area contributed by atoms with Crippen molar-refractivity contribution < 1.29 is 4.79 Å². The first-order chi connectivity index (χ1) is 7.27. The van der Waals surface area contributed by atoms with E-state index in [0.717, 1.165) is 37.6 Å². The molecule has 1 saturated carbocycles. The van der Waals surface area contributed by atoms with Gasteiger partial charge in [-0.15, -0.1) is 0 Å². The van der Waals surface area contributed by atoms with Crippen molar-refractivity contribution in [3.05, 3.63) is 0 Å². The summed E-state index contributed by atoms with van der Waals surface area (Å²) >= 11 is 3.45. The fourth-order valence-corrected chi connectivity index (χ4v) is 2.83. The Balaban J connectivity index is 2.19. The molecule has 1 aliphatic rings. The zero-order valence-electron chi connectivity index (χ0n) is 9.60. The Bertz CT molecular complexity index is 190. The molecule has 0 bridgehead atoms. The molecule has 1 N–H and O–H groups in total. The smallest absolute Gasteiger partial charge is 0.223 e. The molecule has 0 heterocycles. The first kappa shape index (κ1) is 13.0. The minimum absolute atomic E-state index is 0.292. The van der Waals surface area contributed by atoms with E-state index in [-0.39, 0.29) is 0 Å². The second-order valence-corrected chi connectivity index (χ2v) is 5.27. The van der Waals surface area contributed by atoms with Crippen LogP contribution >= 0.6 is 15.9 Å². The van der Waals surface area contributed by atoms with Crippen LogP contribution in [0.25, 0.3) is 0 Å². The molecule has 1 atom stereocenters. The number of rotatable bonds is 6. The molecule has 15 heavy (non-hydrogen) atoms. The molecular formula is C12H22BrNO. The number of amides is 1. The molecule has 0 saturated heterocycles. The largest absolute Gasteiger partial charge is 0.356 e. The van der Waals surface area contributed by atoms with Gasteiger partial charge in [-0.1, -0.05) is 42.1 Å². The van der Waals surface area contributed by atoms with Gasteiger partial charge in [0.05, 0.1) is 0 Å². The van der Waals surface area contributed by atoms with Gasteiger partial charge in [0.15, 0.2) is 0 Å². The molecule has 88 valence electrons. The Morgan fingerprint density at radius 2 is 2.13 bits per heavy atom. The van der Waals surface area contributed by atoms with E-state index in [4.69, 9.17) is 0 Å². The summed E-state index contributed by atoms with van der Waals surface area (Å²) in [4.78, 5) is 11.7. The Morgan fingerprint density at radius 3 is 2.67 bits per heavy atom. The third kappa shape index (κ3) is 4.54. The van der Waals surface area contributed by atoms with E-state index in [1.54, 1.807) is 0 Å². The number of nitrogens with one attached hydrogen (secondary N) is 1. The maximum absolute atomic E-state index is 11.7. The highest BCUT2D eigenvalue weighted by Gasteiger charge is 2.22. The zero-order valence-corrected chi connectivity index (χ0v) is 11.2. The van der Waals surface area contributed by atoms with E-state index in [1.165, 1.54) is 12.8 Å². The van der Waals surface area contributed by atoms with Gasteiger partial charge >= 0.3 is 0 Å². The minimum Gasteiger partial charge on any atom is -0.356 e. The van der Waals surface area contributed by atoms with Crippen LogP contribution in [0.4, 0.5) is 0 Å². The van der Waals surface area contributed by atoms with Gasteiger partial charge in [-0.3, -0.25) is 4.79 Å². The lowest BCUT2D eigenvalue weighted by molar-refractivity contribution is -0.125. The van der Waals surface area contributed by atoms with Gasteiger partial charge < -0.3 is 5.32 Å². The van der Waals surface area contributed by atoms with E-state index in [9.17, 15) is 4.79 Å². The standard InChI is InChI=1S/C12H22BrNO/c1-2-10(7-8-13)9-14-12(15)11-5-3-4-6-11/h10-11H,2-9H2,1H3,(H,14,15). The number of hydrogen-bond donors (Lipinski definition) is 1. The third-order valence-corrected chi connectivity index (χ3v) is 3.84. The molecule has 1 aliphatic carbocycles. The lowest BCUT2D eigenvalue weighted by Gasteiger charge is -2.16. The molecule has 3 heteroatoms. The van der Waals surface area contributed by atoms with Crippen molar-refractivity contribution in [2.45, 2.75) is 45.4 Å². The Labute approximate surface area is 101 Å². The van der Waals surface area contributed by atoms with Crippen LogP contribution in [0.15, 0.2) is 0 Å². The summed E-state index contributed by atoms with van der Waals surface area (Å²) in [5.74, 6) is 1.24. The lowest BCUT2D eigenvalue weighted by atomic mass is 10.0. The van der Waals surface area contributed by atoms with E-state index in [0.29, 0.717) is 17.7 Å². The number of carbonyl (C=O) groups excluding carboxylic acids is 1. The summed E-state index contributed by atoms with van der Waals surface area (Å²) in [6.07, 6.45) is 6.97. The predicted molar refractivity (Wildman–Crippen MR) is 67.2 cm³/mol. The molecule has 0 aliphatic heterocycles. The summed E-state index contributed by atoms with van der Waals surface area (Å²) in [5.41, 5.74) is 0. The molecule has 1 amide bonds. The lowest BCUT2D eigenvalue weighted by Crippen LogP contribution is -2.33. The first-order valence-electron chi connectivity index (χ1n) is 6.11. The molecule has 0 aromatic carbocycles. The Hall–Kier alpha value is -0.0500. The molecule has 0 spiro atoms. The van der Waals surface area contributed by atoms with Crippen LogP contribution in [0.2, 0.25) is 0 Å². The van der Waals surface area contributed by atoms with E-state index < -0.39 is 0 Å². The first-order valence-corrected chi connectivity index (χ1v) is 7.23. The normalized spacial score (nSPS) is 19.1. The number of hydrogen-bond acceptors (Lipinski definition) is 1. The minimum atomic E-state index is 0.292. The summed E-state index contributed by atoms with van der Waals surface area (Å²) in [6.45, 7) is 3.05. The zero-order chi connectivity index (χ0) is 11.1. The monoisotopic (exact) mass is 275 g/mol. The maximum Gasteiger partial charge on any atom is 0.223 e. The van der Waals surface area contributed by atoms with Crippen LogP contribution < -0.4 is 5.32 Å². The third-order valence-electron chi connectivity index (χ3n) is 3.39. The van der Waals surface area contributed by atoms with Gasteiger partial charge in [0, 0.05) is 17.8 Å². The molecule has 0 radical (unpaired) electrons. The van der Waals surface area contributed by atoms with E-state index in [2.05, 4.69) is 28.2 Å². The van der Waals surface area contributed by atoms with Gasteiger partial charge in [0.2, 0.25) is 5.91 Å². The quantitative estimate of drug-likeness (QED) is 0.742. The van der Waals surface area contributed by atoms with Crippen LogP contribution in [0, 0.1) is 11.8 Å².